The van der Waals surface area contributed by atoms with E-state index in [1.165, 1.54) is 41.2 Å². The van der Waals surface area contributed by atoms with Gasteiger partial charge in [0, 0.05) is 12.6 Å². The summed E-state index contributed by atoms with van der Waals surface area (Å²) in [4.78, 5) is -0.0497. The lowest BCUT2D eigenvalue weighted by Crippen LogP contribution is -2.11. The molecule has 0 bridgehead atoms. The highest BCUT2D eigenvalue weighted by molar-refractivity contribution is 7.89. The lowest BCUT2D eigenvalue weighted by Gasteiger charge is -2.09. The van der Waals surface area contributed by atoms with Crippen LogP contribution in [0.3, 0.4) is 0 Å². The fourth-order valence-corrected chi connectivity index (χ4v) is 3.08. The van der Waals surface area contributed by atoms with E-state index in [1.54, 1.807) is 13.1 Å². The summed E-state index contributed by atoms with van der Waals surface area (Å²) in [7, 11) is -2.16. The van der Waals surface area contributed by atoms with E-state index in [0.717, 1.165) is 12.1 Å². The molecule has 0 unspecified atom stereocenters. The van der Waals surface area contributed by atoms with E-state index in [-0.39, 0.29) is 17.3 Å². The standard InChI is InChI=1S/C20H16F3N3O3S/c1-26-19(13-29-17-9-7-16(8-10-17)20(21,22)23)15(12-25-26)6-5-14-3-2-4-18(11-14)30(24,27)28/h2-4,7-12H,13H2,1H3,(H2,24,27,28). The molecule has 0 aliphatic rings. The minimum atomic E-state index is -4.41. The number of aromatic nitrogens is 2. The molecule has 10 heteroatoms. The average molecular weight is 435 g/mol. The Labute approximate surface area is 171 Å². The van der Waals surface area contributed by atoms with Gasteiger partial charge < -0.3 is 4.74 Å². The van der Waals surface area contributed by atoms with Crippen LogP contribution in [0.5, 0.6) is 5.75 Å². The van der Waals surface area contributed by atoms with Crippen molar-refractivity contribution >= 4 is 10.0 Å². The molecule has 2 aromatic carbocycles. The Morgan fingerprint density at radius 3 is 2.47 bits per heavy atom. The van der Waals surface area contributed by atoms with Crippen LogP contribution in [0, 0.1) is 11.8 Å². The van der Waals surface area contributed by atoms with Gasteiger partial charge in [0.25, 0.3) is 0 Å². The molecule has 3 rings (SSSR count). The van der Waals surface area contributed by atoms with E-state index < -0.39 is 21.8 Å². The third-order valence-corrected chi connectivity index (χ3v) is 5.03. The number of hydrogen-bond donors (Lipinski definition) is 1. The van der Waals surface area contributed by atoms with Crippen LogP contribution < -0.4 is 9.88 Å². The van der Waals surface area contributed by atoms with E-state index in [0.29, 0.717) is 16.8 Å². The Kier molecular flexibility index (Phi) is 5.87. The molecular formula is C20H16F3N3O3S. The minimum absolute atomic E-state index is 0.0308. The molecule has 3 aromatic rings. The zero-order chi connectivity index (χ0) is 21.9. The molecular weight excluding hydrogens is 419 g/mol. The van der Waals surface area contributed by atoms with Gasteiger partial charge in [0.2, 0.25) is 10.0 Å². The maximum Gasteiger partial charge on any atom is 0.416 e. The topological polar surface area (TPSA) is 87.2 Å². The van der Waals surface area contributed by atoms with Gasteiger partial charge in [0.1, 0.15) is 12.4 Å². The summed E-state index contributed by atoms with van der Waals surface area (Å²) in [5, 5.41) is 9.23. The molecule has 0 saturated carbocycles. The first-order valence-electron chi connectivity index (χ1n) is 8.50. The molecule has 2 N–H and O–H groups in total. The summed E-state index contributed by atoms with van der Waals surface area (Å²) in [5.41, 5.74) is 0.819. The first-order chi connectivity index (χ1) is 14.0. The fourth-order valence-electron chi connectivity index (χ4n) is 2.52. The Hall–Kier alpha value is -3.29. The lowest BCUT2D eigenvalue weighted by molar-refractivity contribution is -0.137. The molecule has 0 saturated heterocycles. The number of alkyl halides is 3. The number of benzene rings is 2. The van der Waals surface area contributed by atoms with Crippen molar-refractivity contribution in [2.24, 2.45) is 12.2 Å². The zero-order valence-corrected chi connectivity index (χ0v) is 16.5. The second kappa shape index (κ2) is 8.22. The molecule has 0 atom stereocenters. The van der Waals surface area contributed by atoms with Crippen molar-refractivity contribution in [1.82, 2.24) is 9.78 Å². The number of halogens is 3. The quantitative estimate of drug-likeness (QED) is 0.638. The highest BCUT2D eigenvalue weighted by atomic mass is 32.2. The van der Waals surface area contributed by atoms with Crippen molar-refractivity contribution in [2.45, 2.75) is 17.7 Å². The number of nitrogens with zero attached hydrogens (tertiary/aromatic N) is 2. The van der Waals surface area contributed by atoms with Gasteiger partial charge in [-0.05, 0) is 42.5 Å². The number of aryl methyl sites for hydroxylation is 1. The van der Waals surface area contributed by atoms with E-state index in [4.69, 9.17) is 9.88 Å². The van der Waals surface area contributed by atoms with Crippen molar-refractivity contribution in [3.63, 3.8) is 0 Å². The molecule has 0 aliphatic carbocycles. The van der Waals surface area contributed by atoms with E-state index in [1.807, 2.05) is 0 Å². The number of rotatable bonds is 4. The molecule has 0 radical (unpaired) electrons. The van der Waals surface area contributed by atoms with Crippen LogP contribution in [0.15, 0.2) is 59.6 Å². The van der Waals surface area contributed by atoms with Crippen LogP contribution in [0.2, 0.25) is 0 Å². The van der Waals surface area contributed by atoms with Crippen molar-refractivity contribution in [3.05, 3.63) is 77.1 Å². The Morgan fingerprint density at radius 2 is 1.83 bits per heavy atom. The van der Waals surface area contributed by atoms with Gasteiger partial charge in [-0.25, -0.2) is 13.6 Å². The normalized spacial score (nSPS) is 11.6. The Morgan fingerprint density at radius 1 is 1.13 bits per heavy atom. The van der Waals surface area contributed by atoms with Crippen molar-refractivity contribution in [1.29, 1.82) is 0 Å². The molecule has 30 heavy (non-hydrogen) atoms. The summed E-state index contributed by atoms with van der Waals surface area (Å²) < 4.78 is 67.9. The first-order valence-corrected chi connectivity index (χ1v) is 10.0. The number of ether oxygens (including phenoxy) is 1. The summed E-state index contributed by atoms with van der Waals surface area (Å²) in [6, 6.07) is 10.3. The van der Waals surface area contributed by atoms with E-state index >= 15 is 0 Å². The summed E-state index contributed by atoms with van der Waals surface area (Å²) in [5.74, 6) is 6.01. The molecule has 156 valence electrons. The molecule has 0 fully saturated rings. The second-order valence-corrected chi connectivity index (χ2v) is 7.82. The number of sulfonamides is 1. The van der Waals surface area contributed by atoms with Crippen LogP contribution in [-0.2, 0) is 29.9 Å². The first kappa shape index (κ1) is 21.4. The van der Waals surface area contributed by atoms with Gasteiger partial charge >= 0.3 is 6.18 Å². The highest BCUT2D eigenvalue weighted by Crippen LogP contribution is 2.30. The van der Waals surface area contributed by atoms with E-state index in [2.05, 4.69) is 16.9 Å². The lowest BCUT2D eigenvalue weighted by atomic mass is 10.2. The van der Waals surface area contributed by atoms with Gasteiger partial charge in [0.15, 0.2) is 0 Å². The van der Waals surface area contributed by atoms with Crippen molar-refractivity contribution in [3.8, 4) is 17.6 Å². The van der Waals surface area contributed by atoms with Crippen LogP contribution >= 0.6 is 0 Å². The average Bonchev–Trinajstić information content (AvgIpc) is 3.03. The molecule has 1 aromatic heterocycles. The Balaban J connectivity index is 1.78. The minimum Gasteiger partial charge on any atom is -0.487 e. The van der Waals surface area contributed by atoms with Gasteiger partial charge in [0.05, 0.1) is 27.9 Å². The van der Waals surface area contributed by atoms with Crippen LogP contribution in [0.25, 0.3) is 0 Å². The predicted molar refractivity (Wildman–Crippen MR) is 103 cm³/mol. The monoisotopic (exact) mass is 435 g/mol. The van der Waals surface area contributed by atoms with E-state index in [9.17, 15) is 21.6 Å². The number of primary sulfonamides is 1. The third-order valence-electron chi connectivity index (χ3n) is 4.12. The molecule has 0 spiro atoms. The van der Waals surface area contributed by atoms with Gasteiger partial charge in [-0.1, -0.05) is 17.9 Å². The number of nitrogens with two attached hydrogens (primary N) is 1. The molecule has 1 heterocycles. The largest absolute Gasteiger partial charge is 0.487 e. The fraction of sp³-hybridized carbons (Fsp3) is 0.150. The van der Waals surface area contributed by atoms with Crippen molar-refractivity contribution in [2.75, 3.05) is 0 Å². The predicted octanol–water partition coefficient (Wildman–Crippen LogP) is 3.07. The summed E-state index contributed by atoms with van der Waals surface area (Å²) >= 11 is 0. The second-order valence-electron chi connectivity index (χ2n) is 6.26. The van der Waals surface area contributed by atoms with Crippen LogP contribution in [0.4, 0.5) is 13.2 Å². The maximum absolute atomic E-state index is 12.6. The van der Waals surface area contributed by atoms with Gasteiger partial charge in [-0.3, -0.25) is 4.68 Å². The van der Waals surface area contributed by atoms with Crippen LogP contribution in [-0.4, -0.2) is 18.2 Å². The maximum atomic E-state index is 12.6. The zero-order valence-electron chi connectivity index (χ0n) is 15.6. The Bertz CT molecular complexity index is 1220. The summed E-state index contributed by atoms with van der Waals surface area (Å²) in [6.07, 6.45) is -2.90. The van der Waals surface area contributed by atoms with Gasteiger partial charge in [-0.2, -0.15) is 18.3 Å². The third kappa shape index (κ3) is 5.20. The number of hydrogen-bond acceptors (Lipinski definition) is 4. The van der Waals surface area contributed by atoms with Gasteiger partial charge in [-0.15, -0.1) is 0 Å². The van der Waals surface area contributed by atoms with Crippen LogP contribution in [0.1, 0.15) is 22.4 Å². The molecule has 0 amide bonds. The SMILES string of the molecule is Cn1ncc(C#Cc2cccc(S(N)(=O)=O)c2)c1COc1ccc(C(F)(F)F)cc1. The van der Waals surface area contributed by atoms with Crippen molar-refractivity contribution < 1.29 is 26.3 Å². The molecule has 6 nitrogen and oxygen atoms in total. The summed E-state index contributed by atoms with van der Waals surface area (Å²) in [6.45, 7) is 0.0308. The highest BCUT2D eigenvalue weighted by Gasteiger charge is 2.30. The smallest absolute Gasteiger partial charge is 0.416 e. The molecule has 0 aliphatic heterocycles.